The minimum absolute atomic E-state index is 0.0166. The van der Waals surface area contributed by atoms with E-state index >= 15 is 0 Å². The molecule has 0 fully saturated rings. The van der Waals surface area contributed by atoms with Crippen LogP contribution in [-0.2, 0) is 6.18 Å². The first kappa shape index (κ1) is 14.4. The summed E-state index contributed by atoms with van der Waals surface area (Å²) in [6.45, 7) is 0. The van der Waals surface area contributed by atoms with E-state index in [4.69, 9.17) is 23.2 Å². The lowest BCUT2D eigenvalue weighted by Gasteiger charge is -2.06. The number of nitrogens with zero attached hydrogens (tertiary/aromatic N) is 1. The molecule has 1 aromatic carbocycles. The molecule has 3 rings (SSSR count). The Morgan fingerprint density at radius 1 is 1.24 bits per heavy atom. The van der Waals surface area contributed by atoms with Crippen LogP contribution in [0.2, 0.25) is 10.0 Å². The Hall–Kier alpha value is -1.51. The highest BCUT2D eigenvalue weighted by atomic mass is 35.5. The molecule has 110 valence electrons. The van der Waals surface area contributed by atoms with E-state index in [0.29, 0.717) is 11.3 Å². The number of halogens is 5. The zero-order valence-electron chi connectivity index (χ0n) is 9.68. The van der Waals surface area contributed by atoms with Crippen molar-refractivity contribution >= 4 is 54.8 Å². The lowest BCUT2D eigenvalue weighted by Crippen LogP contribution is -2.06. The summed E-state index contributed by atoms with van der Waals surface area (Å²) in [4.78, 5) is 12.2. The molecule has 0 amide bonds. The smallest absolute Gasteiger partial charge is 0.434 e. The van der Waals surface area contributed by atoms with Crippen LogP contribution in [0.4, 0.5) is 13.2 Å². The molecule has 0 unspecified atom stereocenters. The Bertz CT molecular complexity index is 949. The Morgan fingerprint density at radius 2 is 1.90 bits per heavy atom. The second-order valence-corrected chi connectivity index (χ2v) is 5.93. The number of aromatic hydroxyl groups is 1. The van der Waals surface area contributed by atoms with Gasteiger partial charge in [-0.25, -0.2) is 0 Å². The monoisotopic (exact) mass is 354 g/mol. The van der Waals surface area contributed by atoms with Crippen molar-refractivity contribution in [1.82, 2.24) is 10.2 Å². The summed E-state index contributed by atoms with van der Waals surface area (Å²) in [6, 6.07) is 1.16. The van der Waals surface area contributed by atoms with Crippen LogP contribution in [0.15, 0.2) is 10.9 Å². The SMILES string of the molecule is O=c1c2n[nH]c(C(F)(F)F)c2sc2c(Cl)cc(Cl)c(O)c12. The van der Waals surface area contributed by atoms with Gasteiger partial charge in [0.05, 0.1) is 24.8 Å². The summed E-state index contributed by atoms with van der Waals surface area (Å²) >= 11 is 12.2. The minimum Gasteiger partial charge on any atom is -0.506 e. The third kappa shape index (κ3) is 2.05. The highest BCUT2D eigenvalue weighted by Gasteiger charge is 2.36. The Labute approximate surface area is 127 Å². The van der Waals surface area contributed by atoms with E-state index in [1.165, 1.54) is 0 Å². The first-order valence-electron chi connectivity index (χ1n) is 5.31. The second-order valence-electron chi connectivity index (χ2n) is 4.10. The number of phenolic OH excluding ortho intramolecular Hbond substituents is 1. The van der Waals surface area contributed by atoms with E-state index in [1.54, 1.807) is 5.10 Å². The predicted octanol–water partition coefficient (Wildman–Crippen LogP) is 4.17. The van der Waals surface area contributed by atoms with Gasteiger partial charge >= 0.3 is 6.18 Å². The van der Waals surface area contributed by atoms with Crippen molar-refractivity contribution in [3.05, 3.63) is 32.0 Å². The van der Waals surface area contributed by atoms with Gasteiger partial charge in [0.1, 0.15) is 5.75 Å². The Balaban J connectivity index is 2.58. The number of fused-ring (bicyclic) bond motifs is 2. The van der Waals surface area contributed by atoms with Crippen LogP contribution in [0.25, 0.3) is 20.3 Å². The maximum atomic E-state index is 12.9. The molecular weight excluding hydrogens is 352 g/mol. The largest absolute Gasteiger partial charge is 0.506 e. The van der Waals surface area contributed by atoms with Crippen molar-refractivity contribution in [3.63, 3.8) is 0 Å². The number of nitrogens with one attached hydrogen (secondary N) is 1. The van der Waals surface area contributed by atoms with Crippen molar-refractivity contribution in [2.75, 3.05) is 0 Å². The van der Waals surface area contributed by atoms with Gasteiger partial charge in [0, 0.05) is 0 Å². The predicted molar refractivity (Wildman–Crippen MR) is 74.4 cm³/mol. The molecule has 2 aromatic heterocycles. The van der Waals surface area contributed by atoms with Gasteiger partial charge in [-0.1, -0.05) is 23.2 Å². The fourth-order valence-corrected chi connectivity index (χ4v) is 3.63. The van der Waals surface area contributed by atoms with Crippen molar-refractivity contribution in [1.29, 1.82) is 0 Å². The molecule has 21 heavy (non-hydrogen) atoms. The van der Waals surface area contributed by atoms with Gasteiger partial charge in [-0.15, -0.1) is 11.3 Å². The van der Waals surface area contributed by atoms with E-state index in [1.807, 2.05) is 0 Å². The molecule has 3 aromatic rings. The maximum Gasteiger partial charge on any atom is 0.434 e. The first-order chi connectivity index (χ1) is 9.71. The number of hydrogen-bond donors (Lipinski definition) is 2. The highest BCUT2D eigenvalue weighted by molar-refractivity contribution is 7.25. The topological polar surface area (TPSA) is 66.0 Å². The molecule has 2 N–H and O–H groups in total. The van der Waals surface area contributed by atoms with Crippen LogP contribution in [0.1, 0.15) is 5.69 Å². The van der Waals surface area contributed by atoms with Gasteiger partial charge in [-0.3, -0.25) is 9.89 Å². The summed E-state index contributed by atoms with van der Waals surface area (Å²) in [5, 5.41) is 14.6. The average Bonchev–Trinajstić information content (AvgIpc) is 2.80. The Kier molecular flexibility index (Phi) is 3.09. The molecule has 0 saturated heterocycles. The van der Waals surface area contributed by atoms with Gasteiger partial charge in [-0.2, -0.15) is 18.3 Å². The first-order valence-corrected chi connectivity index (χ1v) is 6.88. The van der Waals surface area contributed by atoms with Crippen molar-refractivity contribution in [3.8, 4) is 5.75 Å². The average molecular weight is 355 g/mol. The number of rotatable bonds is 0. The summed E-state index contributed by atoms with van der Waals surface area (Å²) in [5.74, 6) is -0.532. The minimum atomic E-state index is -4.69. The van der Waals surface area contributed by atoms with E-state index in [9.17, 15) is 23.1 Å². The second kappa shape index (κ2) is 4.49. The molecule has 0 aliphatic heterocycles. The van der Waals surface area contributed by atoms with Crippen LogP contribution in [-0.4, -0.2) is 15.3 Å². The molecular formula is C11H3Cl2F3N2O2S. The van der Waals surface area contributed by atoms with E-state index in [-0.39, 0.29) is 24.8 Å². The van der Waals surface area contributed by atoms with Crippen LogP contribution >= 0.6 is 34.5 Å². The molecule has 0 radical (unpaired) electrons. The zero-order chi connectivity index (χ0) is 15.5. The van der Waals surface area contributed by atoms with E-state index in [0.717, 1.165) is 6.07 Å². The molecule has 4 nitrogen and oxygen atoms in total. The van der Waals surface area contributed by atoms with Crippen LogP contribution < -0.4 is 5.43 Å². The quantitative estimate of drug-likeness (QED) is 0.636. The van der Waals surface area contributed by atoms with Gasteiger partial charge in [-0.05, 0) is 6.07 Å². The fraction of sp³-hybridized carbons (Fsp3) is 0.0909. The molecule has 0 aliphatic rings. The van der Waals surface area contributed by atoms with Crippen molar-refractivity contribution in [2.45, 2.75) is 6.18 Å². The number of benzene rings is 1. The number of H-pyrrole nitrogens is 1. The summed E-state index contributed by atoms with van der Waals surface area (Å²) < 4.78 is 38.2. The molecule has 0 atom stereocenters. The van der Waals surface area contributed by atoms with Crippen molar-refractivity contribution in [2.24, 2.45) is 0 Å². The summed E-state index contributed by atoms with van der Waals surface area (Å²) in [5.41, 5.74) is -2.42. The summed E-state index contributed by atoms with van der Waals surface area (Å²) in [7, 11) is 0. The lowest BCUT2D eigenvalue weighted by atomic mass is 10.2. The lowest BCUT2D eigenvalue weighted by molar-refractivity contribution is -0.139. The maximum absolute atomic E-state index is 12.9. The van der Waals surface area contributed by atoms with Crippen LogP contribution in [0, 0.1) is 0 Å². The third-order valence-electron chi connectivity index (χ3n) is 2.81. The van der Waals surface area contributed by atoms with Crippen LogP contribution in [0.3, 0.4) is 0 Å². The number of phenols is 1. The van der Waals surface area contributed by atoms with Crippen molar-refractivity contribution < 1.29 is 18.3 Å². The van der Waals surface area contributed by atoms with E-state index in [2.05, 4.69) is 5.10 Å². The zero-order valence-corrected chi connectivity index (χ0v) is 12.0. The Morgan fingerprint density at radius 3 is 2.52 bits per heavy atom. The molecule has 2 heterocycles. The number of aromatic amines is 1. The normalized spacial score (nSPS) is 12.4. The highest BCUT2D eigenvalue weighted by Crippen LogP contribution is 2.42. The molecule has 0 saturated carbocycles. The summed E-state index contributed by atoms with van der Waals surface area (Å²) in [6.07, 6.45) is -4.69. The number of aromatic nitrogens is 2. The van der Waals surface area contributed by atoms with Gasteiger partial charge < -0.3 is 5.11 Å². The van der Waals surface area contributed by atoms with Crippen LogP contribution in [0.5, 0.6) is 5.75 Å². The molecule has 10 heteroatoms. The standard InChI is InChI=1S/C11H3Cl2F3N2O2S/c12-2-1-3(13)8-4(6(2)19)7(20)5-9(21-8)10(18-17-5)11(14,15)16/h1,19H,(H,17,18). The third-order valence-corrected chi connectivity index (χ3v) is 4.74. The van der Waals surface area contributed by atoms with E-state index < -0.39 is 28.6 Å². The molecule has 0 aliphatic carbocycles. The number of hydrogen-bond acceptors (Lipinski definition) is 4. The molecule has 0 spiro atoms. The van der Waals surface area contributed by atoms with Gasteiger partial charge in [0.2, 0.25) is 5.43 Å². The van der Waals surface area contributed by atoms with Gasteiger partial charge in [0.25, 0.3) is 0 Å². The van der Waals surface area contributed by atoms with Gasteiger partial charge in [0.15, 0.2) is 11.2 Å². The molecule has 0 bridgehead atoms. The fourth-order valence-electron chi connectivity index (χ4n) is 1.90. The number of alkyl halides is 3.